The Labute approximate surface area is 112 Å². The van der Waals surface area contributed by atoms with Crippen molar-refractivity contribution in [2.75, 3.05) is 20.7 Å². The van der Waals surface area contributed by atoms with Crippen LogP contribution in [0.25, 0.3) is 0 Å². The number of Topliss-reactive ketones (excluding diaryl/α,β-unsaturated/α-hetero) is 1. The van der Waals surface area contributed by atoms with Crippen molar-refractivity contribution in [3.63, 3.8) is 0 Å². The van der Waals surface area contributed by atoms with Crippen LogP contribution in [0.3, 0.4) is 0 Å². The van der Waals surface area contributed by atoms with Gasteiger partial charge in [-0.1, -0.05) is 12.1 Å². The van der Waals surface area contributed by atoms with Crippen LogP contribution in [-0.4, -0.2) is 31.4 Å². The van der Waals surface area contributed by atoms with Gasteiger partial charge in [0.05, 0.1) is 19.9 Å². The maximum Gasteiger partial charge on any atom is 0.211 e. The summed E-state index contributed by atoms with van der Waals surface area (Å²) in [6.45, 7) is 1.04. The highest BCUT2D eigenvalue weighted by atomic mass is 16.5. The van der Waals surface area contributed by atoms with Gasteiger partial charge in [-0.25, -0.2) is 0 Å². The first-order valence-corrected chi connectivity index (χ1v) is 6.07. The van der Waals surface area contributed by atoms with Gasteiger partial charge in [0.2, 0.25) is 5.78 Å². The quantitative estimate of drug-likeness (QED) is 0.748. The third-order valence-corrected chi connectivity index (χ3v) is 2.82. The second-order valence-corrected chi connectivity index (χ2v) is 4.42. The topological polar surface area (TPSA) is 42.7 Å². The van der Waals surface area contributed by atoms with Crippen molar-refractivity contribution in [1.82, 2.24) is 4.90 Å². The van der Waals surface area contributed by atoms with Crippen molar-refractivity contribution in [3.8, 4) is 5.75 Å². The van der Waals surface area contributed by atoms with E-state index in [2.05, 4.69) is 0 Å². The van der Waals surface area contributed by atoms with E-state index < -0.39 is 0 Å². The van der Waals surface area contributed by atoms with Crippen molar-refractivity contribution >= 4 is 5.78 Å². The van der Waals surface area contributed by atoms with Gasteiger partial charge in [0.25, 0.3) is 0 Å². The number of benzene rings is 1. The SMILES string of the molecule is COc1ccc(CN(C)CC(=O)c2ccco2)cc1. The number of rotatable bonds is 6. The van der Waals surface area contributed by atoms with Gasteiger partial charge >= 0.3 is 0 Å². The molecule has 0 amide bonds. The van der Waals surface area contributed by atoms with Gasteiger partial charge in [0.15, 0.2) is 5.76 Å². The Hall–Kier alpha value is -2.07. The second kappa shape index (κ2) is 6.20. The lowest BCUT2D eigenvalue weighted by Gasteiger charge is -2.15. The fraction of sp³-hybridized carbons (Fsp3) is 0.267. The molecule has 0 aliphatic carbocycles. The predicted molar refractivity (Wildman–Crippen MR) is 72.4 cm³/mol. The van der Waals surface area contributed by atoms with Crippen LogP contribution < -0.4 is 4.74 Å². The smallest absolute Gasteiger partial charge is 0.211 e. The number of ether oxygens (including phenoxy) is 1. The molecule has 0 N–H and O–H groups in total. The molecule has 1 aromatic heterocycles. The van der Waals surface area contributed by atoms with E-state index in [9.17, 15) is 4.79 Å². The fourth-order valence-corrected chi connectivity index (χ4v) is 1.86. The van der Waals surface area contributed by atoms with Gasteiger partial charge in [-0.05, 0) is 36.9 Å². The summed E-state index contributed by atoms with van der Waals surface area (Å²) in [5.41, 5.74) is 1.13. The van der Waals surface area contributed by atoms with Crippen LogP contribution >= 0.6 is 0 Å². The molecule has 19 heavy (non-hydrogen) atoms. The number of hydrogen-bond donors (Lipinski definition) is 0. The Morgan fingerprint density at radius 2 is 2.00 bits per heavy atom. The highest BCUT2D eigenvalue weighted by Gasteiger charge is 2.11. The maximum absolute atomic E-state index is 11.9. The molecular weight excluding hydrogens is 242 g/mol. The lowest BCUT2D eigenvalue weighted by Crippen LogP contribution is -2.25. The molecule has 100 valence electrons. The molecule has 4 heteroatoms. The molecule has 2 aromatic rings. The summed E-state index contributed by atoms with van der Waals surface area (Å²) in [6, 6.07) is 11.2. The zero-order valence-corrected chi connectivity index (χ0v) is 11.1. The molecular formula is C15H17NO3. The van der Waals surface area contributed by atoms with E-state index >= 15 is 0 Å². The summed E-state index contributed by atoms with van der Waals surface area (Å²) in [7, 11) is 3.55. The van der Waals surface area contributed by atoms with Gasteiger partial charge in [-0.2, -0.15) is 0 Å². The number of carbonyl (C=O) groups is 1. The van der Waals surface area contributed by atoms with Crippen molar-refractivity contribution < 1.29 is 13.9 Å². The number of methoxy groups -OCH3 is 1. The van der Waals surface area contributed by atoms with E-state index in [1.54, 1.807) is 19.2 Å². The number of carbonyl (C=O) groups excluding carboxylic acids is 1. The average molecular weight is 259 g/mol. The summed E-state index contributed by atoms with van der Waals surface area (Å²) in [6.07, 6.45) is 1.51. The van der Waals surface area contributed by atoms with Gasteiger partial charge in [0.1, 0.15) is 5.75 Å². The minimum atomic E-state index is -0.0130. The molecule has 0 fully saturated rings. The average Bonchev–Trinajstić information content (AvgIpc) is 2.93. The normalized spacial score (nSPS) is 10.7. The van der Waals surface area contributed by atoms with Crippen LogP contribution in [0, 0.1) is 0 Å². The summed E-state index contributed by atoms with van der Waals surface area (Å²) in [4.78, 5) is 13.8. The van der Waals surface area contributed by atoms with E-state index in [-0.39, 0.29) is 5.78 Å². The van der Waals surface area contributed by atoms with E-state index in [1.165, 1.54) is 6.26 Å². The number of hydrogen-bond acceptors (Lipinski definition) is 4. The largest absolute Gasteiger partial charge is 0.497 e. The van der Waals surface area contributed by atoms with Crippen molar-refractivity contribution in [2.45, 2.75) is 6.54 Å². The molecule has 0 saturated carbocycles. The summed E-state index contributed by atoms with van der Waals surface area (Å²) in [5, 5.41) is 0. The molecule has 1 aromatic carbocycles. The summed E-state index contributed by atoms with van der Waals surface area (Å²) in [5.74, 6) is 1.22. The number of furan rings is 1. The fourth-order valence-electron chi connectivity index (χ4n) is 1.86. The Morgan fingerprint density at radius 3 is 2.58 bits per heavy atom. The number of nitrogens with zero attached hydrogens (tertiary/aromatic N) is 1. The Balaban J connectivity index is 1.90. The summed E-state index contributed by atoms with van der Waals surface area (Å²) < 4.78 is 10.2. The van der Waals surface area contributed by atoms with Crippen LogP contribution in [0.15, 0.2) is 47.1 Å². The van der Waals surface area contributed by atoms with E-state index in [0.29, 0.717) is 18.8 Å². The van der Waals surface area contributed by atoms with Crippen molar-refractivity contribution in [1.29, 1.82) is 0 Å². The van der Waals surface area contributed by atoms with E-state index in [4.69, 9.17) is 9.15 Å². The van der Waals surface area contributed by atoms with E-state index in [1.807, 2.05) is 36.2 Å². The third kappa shape index (κ3) is 3.69. The van der Waals surface area contributed by atoms with Crippen LogP contribution in [-0.2, 0) is 6.54 Å². The molecule has 0 saturated heterocycles. The molecule has 0 radical (unpaired) electrons. The Kier molecular flexibility index (Phi) is 4.36. The minimum Gasteiger partial charge on any atom is -0.497 e. The molecule has 0 atom stereocenters. The zero-order valence-electron chi connectivity index (χ0n) is 11.1. The first-order chi connectivity index (χ1) is 9.19. The first-order valence-electron chi connectivity index (χ1n) is 6.07. The molecule has 4 nitrogen and oxygen atoms in total. The van der Waals surface area contributed by atoms with E-state index in [0.717, 1.165) is 11.3 Å². The monoisotopic (exact) mass is 259 g/mol. The summed E-state index contributed by atoms with van der Waals surface area (Å²) >= 11 is 0. The van der Waals surface area contributed by atoms with Gasteiger partial charge in [-0.15, -0.1) is 0 Å². The van der Waals surface area contributed by atoms with Crippen molar-refractivity contribution in [2.24, 2.45) is 0 Å². The Morgan fingerprint density at radius 1 is 1.26 bits per heavy atom. The Bertz CT molecular complexity index is 517. The lowest BCUT2D eigenvalue weighted by atomic mass is 10.2. The molecule has 0 aliphatic heterocycles. The molecule has 0 unspecified atom stereocenters. The molecule has 1 heterocycles. The van der Waals surface area contributed by atoms with Crippen LogP contribution in [0.1, 0.15) is 16.1 Å². The van der Waals surface area contributed by atoms with Gasteiger partial charge < -0.3 is 9.15 Å². The maximum atomic E-state index is 11.9. The van der Waals surface area contributed by atoms with Crippen molar-refractivity contribution in [3.05, 3.63) is 54.0 Å². The van der Waals surface area contributed by atoms with Gasteiger partial charge in [-0.3, -0.25) is 9.69 Å². The molecule has 2 rings (SSSR count). The zero-order chi connectivity index (χ0) is 13.7. The minimum absolute atomic E-state index is 0.0130. The third-order valence-electron chi connectivity index (χ3n) is 2.82. The lowest BCUT2D eigenvalue weighted by molar-refractivity contribution is 0.0915. The van der Waals surface area contributed by atoms with Crippen LogP contribution in [0.4, 0.5) is 0 Å². The number of ketones is 1. The number of likely N-dealkylation sites (N-methyl/N-ethyl adjacent to an activating group) is 1. The highest BCUT2D eigenvalue weighted by molar-refractivity contribution is 5.94. The first kappa shape index (κ1) is 13.4. The highest BCUT2D eigenvalue weighted by Crippen LogP contribution is 2.12. The van der Waals surface area contributed by atoms with Gasteiger partial charge in [0, 0.05) is 6.54 Å². The molecule has 0 spiro atoms. The molecule has 0 bridgehead atoms. The predicted octanol–water partition coefficient (Wildman–Crippen LogP) is 2.60. The second-order valence-electron chi connectivity index (χ2n) is 4.42. The van der Waals surface area contributed by atoms with Crippen LogP contribution in [0.2, 0.25) is 0 Å². The standard InChI is InChI=1S/C15H17NO3/c1-16(11-14(17)15-4-3-9-19-15)10-12-5-7-13(18-2)8-6-12/h3-9H,10-11H2,1-2H3. The molecule has 0 aliphatic rings. The van der Waals surface area contributed by atoms with Crippen LogP contribution in [0.5, 0.6) is 5.75 Å².